The van der Waals surface area contributed by atoms with Crippen LogP contribution < -0.4 is 0 Å². The monoisotopic (exact) mass is 177 g/mol. The number of allylic oxidation sites excluding steroid dienone is 5. The van der Waals surface area contributed by atoms with Crippen LogP contribution in [0.15, 0.2) is 40.1 Å². The molecule has 13 heavy (non-hydrogen) atoms. The number of aliphatic hydroxyl groups is 1. The fourth-order valence-electron chi connectivity index (χ4n) is 1.39. The zero-order valence-electron chi connectivity index (χ0n) is 8.33. The number of aliphatic hydroxyl groups excluding tert-OH is 1. The van der Waals surface area contributed by atoms with E-state index in [1.807, 2.05) is 13.0 Å². The minimum absolute atomic E-state index is 0.257. The Morgan fingerprint density at radius 2 is 2.15 bits per heavy atom. The predicted molar refractivity (Wildman–Crippen MR) is 56.2 cm³/mol. The van der Waals surface area contributed by atoms with Crippen LogP contribution in [0.4, 0.5) is 0 Å². The molecule has 1 N–H and O–H groups in total. The van der Waals surface area contributed by atoms with Crippen molar-refractivity contribution < 1.29 is 5.11 Å². The lowest BCUT2D eigenvalue weighted by molar-refractivity contribution is 0.443. The molecule has 0 saturated heterocycles. The zero-order valence-corrected chi connectivity index (χ0v) is 8.33. The van der Waals surface area contributed by atoms with Gasteiger partial charge in [0.25, 0.3) is 0 Å². The summed E-state index contributed by atoms with van der Waals surface area (Å²) in [5.41, 5.74) is 2.90. The Labute approximate surface area is 79.0 Å². The Hall–Kier alpha value is -1.31. The lowest BCUT2D eigenvalue weighted by Gasteiger charge is -2.14. The molecule has 1 rings (SSSR count). The smallest absolute Gasteiger partial charge is 0.141 e. The molecule has 0 aromatic carbocycles. The van der Waals surface area contributed by atoms with Gasteiger partial charge in [-0.25, -0.2) is 0 Å². The third-order valence-corrected chi connectivity index (χ3v) is 2.05. The van der Waals surface area contributed by atoms with Gasteiger partial charge >= 0.3 is 0 Å². The highest BCUT2D eigenvalue weighted by Gasteiger charge is 2.15. The minimum Gasteiger partial charge on any atom is -0.506 e. The molecule has 0 unspecified atom stereocenters. The van der Waals surface area contributed by atoms with Gasteiger partial charge in [-0.15, -0.1) is 0 Å². The summed E-state index contributed by atoms with van der Waals surface area (Å²) >= 11 is 0. The first-order chi connectivity index (χ1) is 6.20. The summed E-state index contributed by atoms with van der Waals surface area (Å²) in [6.07, 6.45) is 6.63. The van der Waals surface area contributed by atoms with Gasteiger partial charge in [-0.2, -0.15) is 0 Å². The van der Waals surface area contributed by atoms with Crippen molar-refractivity contribution >= 4 is 5.71 Å². The average Bonchev–Trinajstić information content (AvgIpc) is 2.12. The van der Waals surface area contributed by atoms with Crippen molar-refractivity contribution in [1.29, 1.82) is 0 Å². The van der Waals surface area contributed by atoms with Gasteiger partial charge in [0.05, 0.1) is 0 Å². The first kappa shape index (κ1) is 9.78. The van der Waals surface area contributed by atoms with E-state index < -0.39 is 0 Å². The Bertz CT molecular complexity index is 319. The fourth-order valence-corrected chi connectivity index (χ4v) is 1.39. The van der Waals surface area contributed by atoms with E-state index in [1.54, 1.807) is 13.1 Å². The van der Waals surface area contributed by atoms with Gasteiger partial charge in [0.15, 0.2) is 0 Å². The maximum atomic E-state index is 9.53. The molecule has 0 saturated carbocycles. The Balaban J connectivity index is 3.15. The van der Waals surface area contributed by atoms with Gasteiger partial charge in [-0.3, -0.25) is 4.99 Å². The van der Waals surface area contributed by atoms with Gasteiger partial charge in [-0.1, -0.05) is 19.1 Å². The molecule has 0 bridgehead atoms. The van der Waals surface area contributed by atoms with Crippen LogP contribution in [0.5, 0.6) is 0 Å². The number of hydrogen-bond acceptors (Lipinski definition) is 2. The molecule has 0 atom stereocenters. The van der Waals surface area contributed by atoms with Crippen molar-refractivity contribution in [3.05, 3.63) is 35.1 Å². The Morgan fingerprint density at radius 1 is 1.46 bits per heavy atom. The third-order valence-electron chi connectivity index (χ3n) is 2.05. The molecular formula is C11H15NO. The molecule has 1 aliphatic carbocycles. The van der Waals surface area contributed by atoms with Crippen LogP contribution in [-0.4, -0.2) is 17.9 Å². The van der Waals surface area contributed by atoms with Crippen LogP contribution in [0.25, 0.3) is 0 Å². The molecule has 1 aliphatic rings. The largest absolute Gasteiger partial charge is 0.506 e. The zero-order chi connectivity index (χ0) is 9.84. The SMILES string of the molecule is CC/C=C1/C(C)=CC=C(O)C1=NC. The normalized spacial score (nSPS) is 23.3. The van der Waals surface area contributed by atoms with Crippen LogP contribution in [-0.2, 0) is 0 Å². The third kappa shape index (κ3) is 1.89. The lowest BCUT2D eigenvalue weighted by Crippen LogP contribution is -2.11. The summed E-state index contributed by atoms with van der Waals surface area (Å²) in [6, 6.07) is 0. The molecule has 2 nitrogen and oxygen atoms in total. The minimum atomic E-state index is 0.257. The van der Waals surface area contributed by atoms with Gasteiger partial charge in [0, 0.05) is 12.6 Å². The van der Waals surface area contributed by atoms with Crippen molar-refractivity contribution in [1.82, 2.24) is 0 Å². The second kappa shape index (κ2) is 4.08. The van der Waals surface area contributed by atoms with E-state index in [9.17, 15) is 5.11 Å². The quantitative estimate of drug-likeness (QED) is 0.656. The summed E-state index contributed by atoms with van der Waals surface area (Å²) in [5, 5.41) is 9.53. The lowest BCUT2D eigenvalue weighted by atomic mass is 9.95. The standard InChI is InChI=1S/C11H15NO/c1-4-5-9-8(2)6-7-10(13)11(9)12-3/h5-7,13H,4H2,1-3H3/b9-5-,12-11?. The number of rotatable bonds is 1. The summed E-state index contributed by atoms with van der Waals surface area (Å²) < 4.78 is 0. The Kier molecular flexibility index (Phi) is 3.07. The molecule has 0 spiro atoms. The molecule has 0 aromatic rings. The fraction of sp³-hybridized carbons (Fsp3) is 0.364. The summed E-state index contributed by atoms with van der Waals surface area (Å²) in [5.74, 6) is 0.257. The van der Waals surface area contributed by atoms with Crippen molar-refractivity contribution in [2.45, 2.75) is 20.3 Å². The van der Waals surface area contributed by atoms with E-state index >= 15 is 0 Å². The average molecular weight is 177 g/mol. The van der Waals surface area contributed by atoms with E-state index in [-0.39, 0.29) is 5.76 Å². The highest BCUT2D eigenvalue weighted by Crippen LogP contribution is 2.21. The second-order valence-corrected chi connectivity index (χ2v) is 3.00. The van der Waals surface area contributed by atoms with E-state index in [2.05, 4.69) is 18.0 Å². The Morgan fingerprint density at radius 3 is 2.69 bits per heavy atom. The molecule has 0 fully saturated rings. The van der Waals surface area contributed by atoms with Gasteiger partial charge in [0.2, 0.25) is 0 Å². The van der Waals surface area contributed by atoms with Crippen LogP contribution in [0.3, 0.4) is 0 Å². The van der Waals surface area contributed by atoms with Crippen LogP contribution in [0, 0.1) is 0 Å². The summed E-state index contributed by atoms with van der Waals surface area (Å²) in [6.45, 7) is 4.10. The molecule has 70 valence electrons. The van der Waals surface area contributed by atoms with Crippen LogP contribution in [0.2, 0.25) is 0 Å². The first-order valence-corrected chi connectivity index (χ1v) is 4.46. The summed E-state index contributed by atoms with van der Waals surface area (Å²) in [4.78, 5) is 4.07. The summed E-state index contributed by atoms with van der Waals surface area (Å²) in [7, 11) is 1.70. The van der Waals surface area contributed by atoms with Crippen molar-refractivity contribution in [3.8, 4) is 0 Å². The second-order valence-electron chi connectivity index (χ2n) is 3.00. The maximum Gasteiger partial charge on any atom is 0.141 e. The maximum absolute atomic E-state index is 9.53. The molecule has 0 amide bonds. The van der Waals surface area contributed by atoms with Crippen LogP contribution >= 0.6 is 0 Å². The topological polar surface area (TPSA) is 32.6 Å². The highest BCUT2D eigenvalue weighted by atomic mass is 16.3. The van der Waals surface area contributed by atoms with Crippen molar-refractivity contribution in [2.24, 2.45) is 4.99 Å². The van der Waals surface area contributed by atoms with E-state index in [0.717, 1.165) is 17.6 Å². The van der Waals surface area contributed by atoms with E-state index in [4.69, 9.17) is 0 Å². The van der Waals surface area contributed by atoms with Gasteiger partial charge in [0.1, 0.15) is 11.5 Å². The van der Waals surface area contributed by atoms with Gasteiger partial charge < -0.3 is 5.11 Å². The molecule has 0 aromatic heterocycles. The number of nitrogens with zero attached hydrogens (tertiary/aromatic N) is 1. The van der Waals surface area contributed by atoms with Gasteiger partial charge in [-0.05, 0) is 25.0 Å². The van der Waals surface area contributed by atoms with Crippen LogP contribution in [0.1, 0.15) is 20.3 Å². The van der Waals surface area contributed by atoms with E-state index in [1.165, 1.54) is 0 Å². The molecule has 0 heterocycles. The van der Waals surface area contributed by atoms with Crippen molar-refractivity contribution in [3.63, 3.8) is 0 Å². The number of aliphatic imine (C=N–C) groups is 1. The number of hydrogen-bond donors (Lipinski definition) is 1. The van der Waals surface area contributed by atoms with Crippen molar-refractivity contribution in [2.75, 3.05) is 7.05 Å². The molecule has 0 radical (unpaired) electrons. The first-order valence-electron chi connectivity index (χ1n) is 4.46. The predicted octanol–water partition coefficient (Wildman–Crippen LogP) is 2.80. The molecule has 2 heteroatoms. The molecular weight excluding hydrogens is 162 g/mol. The van der Waals surface area contributed by atoms with E-state index in [0.29, 0.717) is 5.71 Å². The molecule has 0 aliphatic heterocycles. The highest BCUT2D eigenvalue weighted by molar-refractivity contribution is 6.14.